The van der Waals surface area contributed by atoms with Crippen LogP contribution >= 0.6 is 0 Å². The van der Waals surface area contributed by atoms with E-state index in [1.54, 1.807) is 0 Å². The van der Waals surface area contributed by atoms with Gasteiger partial charge in [0.1, 0.15) is 11.9 Å². The number of rotatable bonds is 4. The van der Waals surface area contributed by atoms with Crippen LogP contribution in [0, 0.1) is 5.92 Å². The Morgan fingerprint density at radius 1 is 0.727 bits per heavy atom. The van der Waals surface area contributed by atoms with Crippen LogP contribution in [0.4, 0.5) is 0 Å². The molecule has 3 heteroatoms. The van der Waals surface area contributed by atoms with Gasteiger partial charge in [-0.25, -0.2) is 0 Å². The molecular weight excluding hydrogens is 404 g/mol. The molecule has 6 rings (SSSR count). The second-order valence-corrected chi connectivity index (χ2v) is 9.33. The molecule has 3 heterocycles. The molecule has 2 aliphatic heterocycles. The van der Waals surface area contributed by atoms with Crippen molar-refractivity contribution in [1.82, 2.24) is 9.47 Å². The van der Waals surface area contributed by atoms with Crippen LogP contribution in [0.3, 0.4) is 0 Å². The van der Waals surface area contributed by atoms with Gasteiger partial charge >= 0.3 is 0 Å². The third-order valence-corrected chi connectivity index (χ3v) is 7.27. The van der Waals surface area contributed by atoms with E-state index < -0.39 is 0 Å². The molecule has 0 bridgehead atoms. The summed E-state index contributed by atoms with van der Waals surface area (Å²) < 4.78 is 9.29. The van der Waals surface area contributed by atoms with E-state index in [0.29, 0.717) is 5.92 Å². The minimum absolute atomic E-state index is 0.0775. The van der Waals surface area contributed by atoms with Crippen molar-refractivity contribution in [3.05, 3.63) is 126 Å². The largest absolute Gasteiger partial charge is 0.484 e. The number of benzene rings is 3. The molecule has 33 heavy (non-hydrogen) atoms. The molecule has 2 unspecified atom stereocenters. The van der Waals surface area contributed by atoms with Crippen molar-refractivity contribution in [3.8, 4) is 5.75 Å². The number of hydrogen-bond donors (Lipinski definition) is 0. The summed E-state index contributed by atoms with van der Waals surface area (Å²) in [5, 5.41) is 0. The summed E-state index contributed by atoms with van der Waals surface area (Å²) in [6, 6.07) is 34.8. The lowest BCUT2D eigenvalue weighted by atomic mass is 9.89. The van der Waals surface area contributed by atoms with Gasteiger partial charge in [-0.15, -0.1) is 0 Å². The molecule has 4 aromatic rings. The highest BCUT2D eigenvalue weighted by Crippen LogP contribution is 2.44. The highest BCUT2D eigenvalue weighted by Gasteiger charge is 2.36. The SMILES string of the molecule is c1ccc(CN2CCC(C3Oc4ccccc4C(c4ccccc4)n4cccc43)CC2)cc1. The number of aromatic nitrogens is 1. The van der Waals surface area contributed by atoms with E-state index >= 15 is 0 Å². The predicted octanol–water partition coefficient (Wildman–Crippen LogP) is 6.47. The maximum Gasteiger partial charge on any atom is 0.141 e. The number of piperidine rings is 1. The number of nitrogens with zero attached hydrogens (tertiary/aromatic N) is 2. The predicted molar refractivity (Wildman–Crippen MR) is 132 cm³/mol. The van der Waals surface area contributed by atoms with Crippen molar-refractivity contribution < 1.29 is 4.74 Å². The van der Waals surface area contributed by atoms with Crippen LogP contribution in [0.2, 0.25) is 0 Å². The number of para-hydroxylation sites is 1. The molecule has 0 amide bonds. The van der Waals surface area contributed by atoms with Crippen molar-refractivity contribution in [1.29, 1.82) is 0 Å². The lowest BCUT2D eigenvalue weighted by molar-refractivity contribution is 0.0715. The second kappa shape index (κ2) is 8.92. The van der Waals surface area contributed by atoms with Crippen LogP contribution in [0.15, 0.2) is 103 Å². The van der Waals surface area contributed by atoms with Crippen molar-refractivity contribution >= 4 is 0 Å². The number of fused-ring (bicyclic) bond motifs is 2. The third-order valence-electron chi connectivity index (χ3n) is 7.27. The van der Waals surface area contributed by atoms with Crippen molar-refractivity contribution in [2.75, 3.05) is 13.1 Å². The minimum Gasteiger partial charge on any atom is -0.484 e. The lowest BCUT2D eigenvalue weighted by Gasteiger charge is -2.36. The molecule has 0 aliphatic carbocycles. The minimum atomic E-state index is 0.0775. The Bertz CT molecular complexity index is 1190. The zero-order valence-corrected chi connectivity index (χ0v) is 18.9. The van der Waals surface area contributed by atoms with Gasteiger partial charge in [-0.3, -0.25) is 4.90 Å². The van der Waals surface area contributed by atoms with Gasteiger partial charge in [-0.1, -0.05) is 78.9 Å². The summed E-state index contributed by atoms with van der Waals surface area (Å²) in [6.07, 6.45) is 4.62. The van der Waals surface area contributed by atoms with Crippen LogP contribution in [0.5, 0.6) is 5.75 Å². The Morgan fingerprint density at radius 2 is 1.42 bits per heavy atom. The summed E-state index contributed by atoms with van der Waals surface area (Å²) in [4.78, 5) is 2.59. The first-order valence-corrected chi connectivity index (χ1v) is 12.1. The first kappa shape index (κ1) is 20.3. The third kappa shape index (κ3) is 3.98. The summed E-state index contributed by atoms with van der Waals surface area (Å²) >= 11 is 0. The Balaban J connectivity index is 1.29. The summed E-state index contributed by atoms with van der Waals surface area (Å²) in [6.45, 7) is 3.27. The van der Waals surface area contributed by atoms with Gasteiger partial charge in [0, 0.05) is 24.2 Å². The van der Waals surface area contributed by atoms with E-state index in [9.17, 15) is 0 Å². The monoisotopic (exact) mass is 434 g/mol. The average Bonchev–Trinajstić information content (AvgIpc) is 3.29. The van der Waals surface area contributed by atoms with Crippen molar-refractivity contribution in [3.63, 3.8) is 0 Å². The smallest absolute Gasteiger partial charge is 0.141 e. The topological polar surface area (TPSA) is 17.4 Å². The standard InChI is InChI=1S/C30H30N2O/c1-3-10-23(11-4-1)22-31-20-17-25(18-21-31)30-27-15-9-19-32(27)29(24-12-5-2-6-13-24)26-14-7-8-16-28(26)33-30/h1-16,19,25,29-30H,17-18,20-22H2. The van der Waals surface area contributed by atoms with Gasteiger partial charge in [0.15, 0.2) is 0 Å². The van der Waals surface area contributed by atoms with Crippen LogP contribution in [0.1, 0.15) is 47.4 Å². The zero-order chi connectivity index (χ0) is 22.0. The molecule has 1 fully saturated rings. The molecule has 166 valence electrons. The summed E-state index contributed by atoms with van der Waals surface area (Å²) in [5.74, 6) is 1.53. The number of likely N-dealkylation sites (tertiary alicyclic amines) is 1. The Labute approximate surface area is 196 Å². The summed E-state index contributed by atoms with van der Waals surface area (Å²) in [5.41, 5.74) is 5.23. The van der Waals surface area contributed by atoms with E-state index in [0.717, 1.165) is 38.2 Å². The quantitative estimate of drug-likeness (QED) is 0.366. The molecular formula is C30H30N2O. The van der Waals surface area contributed by atoms with Gasteiger partial charge < -0.3 is 9.30 Å². The van der Waals surface area contributed by atoms with Gasteiger partial charge in [-0.05, 0) is 55.3 Å². The van der Waals surface area contributed by atoms with Crippen LogP contribution in [0.25, 0.3) is 0 Å². The van der Waals surface area contributed by atoms with Crippen LogP contribution < -0.4 is 4.74 Å². The Morgan fingerprint density at radius 3 is 2.21 bits per heavy atom. The molecule has 3 aromatic carbocycles. The molecule has 1 saturated heterocycles. The number of hydrogen-bond acceptors (Lipinski definition) is 2. The lowest BCUT2D eigenvalue weighted by Crippen LogP contribution is -2.36. The maximum atomic E-state index is 6.85. The van der Waals surface area contributed by atoms with Gasteiger partial charge in [0.2, 0.25) is 0 Å². The molecule has 2 atom stereocenters. The fourth-order valence-corrected chi connectivity index (χ4v) is 5.61. The van der Waals surface area contributed by atoms with E-state index in [4.69, 9.17) is 4.74 Å². The van der Waals surface area contributed by atoms with E-state index in [-0.39, 0.29) is 12.1 Å². The second-order valence-electron chi connectivity index (χ2n) is 9.33. The van der Waals surface area contributed by atoms with E-state index in [1.807, 2.05) is 0 Å². The molecule has 3 nitrogen and oxygen atoms in total. The average molecular weight is 435 g/mol. The van der Waals surface area contributed by atoms with Gasteiger partial charge in [-0.2, -0.15) is 0 Å². The van der Waals surface area contributed by atoms with E-state index in [2.05, 4.69) is 113 Å². The molecule has 0 spiro atoms. The van der Waals surface area contributed by atoms with Crippen LogP contribution in [-0.2, 0) is 6.54 Å². The molecule has 2 aliphatic rings. The van der Waals surface area contributed by atoms with E-state index in [1.165, 1.54) is 22.4 Å². The molecule has 0 N–H and O–H groups in total. The zero-order valence-electron chi connectivity index (χ0n) is 18.9. The Kier molecular flexibility index (Phi) is 5.49. The van der Waals surface area contributed by atoms with Crippen LogP contribution in [-0.4, -0.2) is 22.6 Å². The normalized spacial score (nSPS) is 21.0. The first-order chi connectivity index (χ1) is 16.4. The fraction of sp³-hybridized carbons (Fsp3) is 0.267. The first-order valence-electron chi connectivity index (χ1n) is 12.1. The number of ether oxygens (including phenoxy) is 1. The maximum absolute atomic E-state index is 6.85. The van der Waals surface area contributed by atoms with Gasteiger partial charge in [0.05, 0.1) is 11.7 Å². The highest BCUT2D eigenvalue weighted by molar-refractivity contribution is 5.45. The van der Waals surface area contributed by atoms with Crippen molar-refractivity contribution in [2.45, 2.75) is 31.5 Å². The highest BCUT2D eigenvalue weighted by atomic mass is 16.5. The van der Waals surface area contributed by atoms with Crippen molar-refractivity contribution in [2.24, 2.45) is 5.92 Å². The summed E-state index contributed by atoms with van der Waals surface area (Å²) in [7, 11) is 0. The molecule has 0 saturated carbocycles. The Hall–Kier alpha value is -3.30. The van der Waals surface area contributed by atoms with Gasteiger partial charge in [0.25, 0.3) is 0 Å². The fourth-order valence-electron chi connectivity index (χ4n) is 5.61. The molecule has 1 aromatic heterocycles. The molecule has 0 radical (unpaired) electrons.